The first-order valence-corrected chi connectivity index (χ1v) is 7.22. The maximum Gasteiger partial charge on any atom is 0.224 e. The lowest BCUT2D eigenvalue weighted by atomic mass is 10.1. The summed E-state index contributed by atoms with van der Waals surface area (Å²) in [7, 11) is 0. The predicted molar refractivity (Wildman–Crippen MR) is 84.8 cm³/mol. The number of amides is 1. The molecular formula is C17H18ClNO2. The van der Waals surface area contributed by atoms with Crippen molar-refractivity contribution in [3.05, 3.63) is 64.7 Å². The maximum atomic E-state index is 11.8. The fraction of sp³-hybridized carbons (Fsp3) is 0.235. The Labute approximate surface area is 129 Å². The highest BCUT2D eigenvalue weighted by Crippen LogP contribution is 2.12. The van der Waals surface area contributed by atoms with Crippen LogP contribution in [0.25, 0.3) is 0 Å². The molecule has 0 aliphatic carbocycles. The zero-order valence-electron chi connectivity index (χ0n) is 11.9. The van der Waals surface area contributed by atoms with E-state index >= 15 is 0 Å². The standard InChI is InChI=1S/C17H18ClNO2/c1-13-3-2-4-16(11-13)21-10-9-19-17(20)12-14-5-7-15(18)8-6-14/h2-8,11H,9-10,12H2,1H3,(H,19,20). The molecule has 0 aliphatic rings. The Morgan fingerprint density at radius 3 is 2.67 bits per heavy atom. The summed E-state index contributed by atoms with van der Waals surface area (Å²) in [5.74, 6) is 0.798. The SMILES string of the molecule is Cc1cccc(OCCNC(=O)Cc2ccc(Cl)cc2)c1. The second-order valence-electron chi connectivity index (χ2n) is 4.82. The van der Waals surface area contributed by atoms with E-state index in [1.807, 2.05) is 43.3 Å². The minimum atomic E-state index is -0.0230. The van der Waals surface area contributed by atoms with Crippen LogP contribution in [-0.4, -0.2) is 19.1 Å². The Bertz CT molecular complexity index is 596. The number of halogens is 1. The zero-order valence-corrected chi connectivity index (χ0v) is 12.7. The van der Waals surface area contributed by atoms with Gasteiger partial charge in [0.2, 0.25) is 5.91 Å². The van der Waals surface area contributed by atoms with Gasteiger partial charge in [-0.2, -0.15) is 0 Å². The molecule has 0 spiro atoms. The van der Waals surface area contributed by atoms with Crippen LogP contribution in [0.15, 0.2) is 48.5 Å². The molecule has 0 aromatic heterocycles. The van der Waals surface area contributed by atoms with Crippen LogP contribution in [0.2, 0.25) is 5.02 Å². The lowest BCUT2D eigenvalue weighted by molar-refractivity contribution is -0.120. The van der Waals surface area contributed by atoms with Crippen molar-refractivity contribution in [1.29, 1.82) is 0 Å². The summed E-state index contributed by atoms with van der Waals surface area (Å²) in [6, 6.07) is 15.1. The summed E-state index contributed by atoms with van der Waals surface area (Å²) in [6.45, 7) is 2.96. The third kappa shape index (κ3) is 5.48. The summed E-state index contributed by atoms with van der Waals surface area (Å²) in [5, 5.41) is 3.51. The number of hydrogen-bond donors (Lipinski definition) is 1. The van der Waals surface area contributed by atoms with E-state index in [0.717, 1.165) is 16.9 Å². The highest BCUT2D eigenvalue weighted by Gasteiger charge is 2.03. The van der Waals surface area contributed by atoms with E-state index in [2.05, 4.69) is 5.32 Å². The van der Waals surface area contributed by atoms with Gasteiger partial charge in [0.1, 0.15) is 12.4 Å². The van der Waals surface area contributed by atoms with Crippen LogP contribution < -0.4 is 10.1 Å². The topological polar surface area (TPSA) is 38.3 Å². The Hall–Kier alpha value is -2.00. The van der Waals surface area contributed by atoms with Gasteiger partial charge in [0.15, 0.2) is 0 Å². The van der Waals surface area contributed by atoms with E-state index < -0.39 is 0 Å². The third-order valence-electron chi connectivity index (χ3n) is 2.96. The maximum absolute atomic E-state index is 11.8. The second-order valence-corrected chi connectivity index (χ2v) is 5.25. The fourth-order valence-electron chi connectivity index (χ4n) is 1.91. The molecular weight excluding hydrogens is 286 g/mol. The van der Waals surface area contributed by atoms with Crippen molar-refractivity contribution in [1.82, 2.24) is 5.32 Å². The number of aryl methyl sites for hydroxylation is 1. The van der Waals surface area contributed by atoms with Gasteiger partial charge in [-0.1, -0.05) is 35.9 Å². The van der Waals surface area contributed by atoms with Gasteiger partial charge in [-0.05, 0) is 42.3 Å². The molecule has 2 aromatic rings. The van der Waals surface area contributed by atoms with Crippen LogP contribution >= 0.6 is 11.6 Å². The van der Waals surface area contributed by atoms with Crippen LogP contribution in [0.3, 0.4) is 0 Å². The normalized spacial score (nSPS) is 10.2. The lowest BCUT2D eigenvalue weighted by Crippen LogP contribution is -2.29. The molecule has 0 atom stereocenters. The Morgan fingerprint density at radius 1 is 1.19 bits per heavy atom. The minimum absolute atomic E-state index is 0.0230. The number of hydrogen-bond acceptors (Lipinski definition) is 2. The molecule has 0 saturated heterocycles. The highest BCUT2D eigenvalue weighted by atomic mass is 35.5. The molecule has 2 aromatic carbocycles. The van der Waals surface area contributed by atoms with Gasteiger partial charge in [0.25, 0.3) is 0 Å². The molecule has 0 unspecified atom stereocenters. The molecule has 1 N–H and O–H groups in total. The largest absolute Gasteiger partial charge is 0.492 e. The van der Waals surface area contributed by atoms with Gasteiger partial charge < -0.3 is 10.1 Å². The van der Waals surface area contributed by atoms with Crippen LogP contribution in [-0.2, 0) is 11.2 Å². The first kappa shape index (κ1) is 15.4. The highest BCUT2D eigenvalue weighted by molar-refractivity contribution is 6.30. The number of rotatable bonds is 6. The summed E-state index contributed by atoms with van der Waals surface area (Å²) in [4.78, 5) is 11.8. The van der Waals surface area contributed by atoms with Crippen molar-refractivity contribution in [2.45, 2.75) is 13.3 Å². The monoisotopic (exact) mass is 303 g/mol. The fourth-order valence-corrected chi connectivity index (χ4v) is 2.04. The van der Waals surface area contributed by atoms with Gasteiger partial charge in [-0.3, -0.25) is 4.79 Å². The van der Waals surface area contributed by atoms with Crippen molar-refractivity contribution in [3.8, 4) is 5.75 Å². The van der Waals surface area contributed by atoms with Crippen molar-refractivity contribution in [2.75, 3.05) is 13.2 Å². The van der Waals surface area contributed by atoms with Crippen molar-refractivity contribution in [2.24, 2.45) is 0 Å². The molecule has 0 radical (unpaired) electrons. The number of carbonyl (C=O) groups is 1. The first-order chi connectivity index (χ1) is 10.1. The van der Waals surface area contributed by atoms with Gasteiger partial charge >= 0.3 is 0 Å². The number of carbonyl (C=O) groups excluding carboxylic acids is 1. The van der Waals surface area contributed by atoms with Crippen molar-refractivity contribution >= 4 is 17.5 Å². The molecule has 0 heterocycles. The smallest absolute Gasteiger partial charge is 0.224 e. The molecule has 4 heteroatoms. The zero-order chi connectivity index (χ0) is 15.1. The number of nitrogens with one attached hydrogen (secondary N) is 1. The van der Waals surface area contributed by atoms with Crippen molar-refractivity contribution in [3.63, 3.8) is 0 Å². The minimum Gasteiger partial charge on any atom is -0.492 e. The van der Waals surface area contributed by atoms with Crippen LogP contribution in [0.4, 0.5) is 0 Å². The van der Waals surface area contributed by atoms with E-state index in [1.54, 1.807) is 12.1 Å². The Morgan fingerprint density at radius 2 is 1.95 bits per heavy atom. The van der Waals surface area contributed by atoms with E-state index in [1.165, 1.54) is 0 Å². The van der Waals surface area contributed by atoms with Gasteiger partial charge in [-0.15, -0.1) is 0 Å². The molecule has 21 heavy (non-hydrogen) atoms. The van der Waals surface area contributed by atoms with Crippen LogP contribution in [0.5, 0.6) is 5.75 Å². The molecule has 110 valence electrons. The summed E-state index contributed by atoms with van der Waals surface area (Å²) in [6.07, 6.45) is 0.349. The molecule has 1 amide bonds. The predicted octanol–water partition coefficient (Wildman–Crippen LogP) is 3.39. The van der Waals surface area contributed by atoms with Gasteiger partial charge in [0, 0.05) is 5.02 Å². The summed E-state index contributed by atoms with van der Waals surface area (Å²) in [5.41, 5.74) is 2.09. The van der Waals surface area contributed by atoms with E-state index in [0.29, 0.717) is 24.6 Å². The number of ether oxygens (including phenoxy) is 1. The average molecular weight is 304 g/mol. The van der Waals surface area contributed by atoms with Crippen LogP contribution in [0.1, 0.15) is 11.1 Å². The Kier molecular flexibility index (Phi) is 5.64. The average Bonchev–Trinajstić information content (AvgIpc) is 2.46. The quantitative estimate of drug-likeness (QED) is 0.831. The Balaban J connectivity index is 1.68. The summed E-state index contributed by atoms with van der Waals surface area (Å²) >= 11 is 5.80. The molecule has 0 aliphatic heterocycles. The van der Waals surface area contributed by atoms with Crippen LogP contribution in [0, 0.1) is 6.92 Å². The molecule has 3 nitrogen and oxygen atoms in total. The molecule has 0 fully saturated rings. The van der Waals surface area contributed by atoms with E-state index in [4.69, 9.17) is 16.3 Å². The second kappa shape index (κ2) is 7.70. The molecule has 0 bridgehead atoms. The molecule has 2 rings (SSSR count). The number of benzene rings is 2. The third-order valence-corrected chi connectivity index (χ3v) is 3.21. The van der Waals surface area contributed by atoms with E-state index in [9.17, 15) is 4.79 Å². The van der Waals surface area contributed by atoms with E-state index in [-0.39, 0.29) is 5.91 Å². The van der Waals surface area contributed by atoms with Gasteiger partial charge in [0.05, 0.1) is 13.0 Å². The summed E-state index contributed by atoms with van der Waals surface area (Å²) < 4.78 is 5.57. The first-order valence-electron chi connectivity index (χ1n) is 6.84. The lowest BCUT2D eigenvalue weighted by Gasteiger charge is -2.08. The van der Waals surface area contributed by atoms with Crippen molar-refractivity contribution < 1.29 is 9.53 Å². The molecule has 0 saturated carbocycles. The van der Waals surface area contributed by atoms with Gasteiger partial charge in [-0.25, -0.2) is 0 Å².